The normalized spacial score (nSPS) is 19.3. The van der Waals surface area contributed by atoms with Crippen LogP contribution in [-0.2, 0) is 0 Å². The van der Waals surface area contributed by atoms with Crippen molar-refractivity contribution in [2.75, 3.05) is 26.2 Å². The molecule has 18 heavy (non-hydrogen) atoms. The molecule has 0 unspecified atom stereocenters. The molecule has 1 saturated heterocycles. The zero-order valence-corrected chi connectivity index (χ0v) is 12.5. The van der Waals surface area contributed by atoms with Crippen LogP contribution in [-0.4, -0.2) is 49.1 Å². The van der Waals surface area contributed by atoms with Crippen molar-refractivity contribution < 1.29 is 0 Å². The van der Waals surface area contributed by atoms with Crippen LogP contribution in [0.15, 0.2) is 4.99 Å². The Morgan fingerprint density at radius 1 is 1.28 bits per heavy atom. The van der Waals surface area contributed by atoms with Gasteiger partial charge in [-0.25, -0.2) is 0 Å². The van der Waals surface area contributed by atoms with Crippen LogP contribution in [0.25, 0.3) is 0 Å². The van der Waals surface area contributed by atoms with E-state index in [-0.39, 0.29) is 0 Å². The van der Waals surface area contributed by atoms with Gasteiger partial charge in [-0.3, -0.25) is 4.99 Å². The van der Waals surface area contributed by atoms with E-state index in [0.29, 0.717) is 12.1 Å². The van der Waals surface area contributed by atoms with Gasteiger partial charge in [0, 0.05) is 38.3 Å². The summed E-state index contributed by atoms with van der Waals surface area (Å²) in [5.74, 6) is 0.988. The second-order valence-corrected chi connectivity index (χ2v) is 5.31. The van der Waals surface area contributed by atoms with E-state index in [0.717, 1.165) is 25.5 Å². The van der Waals surface area contributed by atoms with Gasteiger partial charge in [-0.15, -0.1) is 0 Å². The molecule has 0 spiro atoms. The Bertz CT molecular complexity index is 242. The fourth-order valence-corrected chi connectivity index (χ4v) is 2.30. The van der Waals surface area contributed by atoms with Crippen LogP contribution in [0.2, 0.25) is 0 Å². The van der Waals surface area contributed by atoms with Crippen molar-refractivity contribution in [2.45, 2.75) is 59.0 Å². The molecule has 0 bridgehead atoms. The van der Waals surface area contributed by atoms with E-state index in [1.807, 2.05) is 0 Å². The molecular weight excluding hydrogens is 224 g/mol. The summed E-state index contributed by atoms with van der Waals surface area (Å²) in [5.41, 5.74) is 0. The first-order valence-corrected chi connectivity index (χ1v) is 7.46. The van der Waals surface area contributed by atoms with Crippen molar-refractivity contribution in [3.63, 3.8) is 0 Å². The first kappa shape index (κ1) is 15.3. The zero-order valence-electron chi connectivity index (χ0n) is 12.5. The van der Waals surface area contributed by atoms with Gasteiger partial charge in [0.25, 0.3) is 0 Å². The Kier molecular flexibility index (Phi) is 7.09. The molecule has 0 atom stereocenters. The Morgan fingerprint density at radius 3 is 2.44 bits per heavy atom. The lowest BCUT2D eigenvalue weighted by molar-refractivity contribution is 0.167. The monoisotopic (exact) mass is 254 g/mol. The molecule has 0 aromatic heterocycles. The average Bonchev–Trinajstić information content (AvgIpc) is 2.37. The quantitative estimate of drug-likeness (QED) is 0.581. The number of nitrogens with zero attached hydrogens (tertiary/aromatic N) is 2. The third-order valence-electron chi connectivity index (χ3n) is 3.44. The lowest BCUT2D eigenvalue weighted by Gasteiger charge is -2.35. The lowest BCUT2D eigenvalue weighted by Crippen LogP contribution is -2.49. The van der Waals surface area contributed by atoms with Crippen LogP contribution in [0.4, 0.5) is 0 Å². The molecule has 0 aliphatic carbocycles. The predicted molar refractivity (Wildman–Crippen MR) is 79.1 cm³/mol. The molecule has 0 amide bonds. The Morgan fingerprint density at radius 2 is 1.94 bits per heavy atom. The van der Waals surface area contributed by atoms with Gasteiger partial charge in [-0.2, -0.15) is 0 Å². The van der Waals surface area contributed by atoms with E-state index in [4.69, 9.17) is 0 Å². The highest BCUT2D eigenvalue weighted by molar-refractivity contribution is 5.80. The topological polar surface area (TPSA) is 39.7 Å². The largest absolute Gasteiger partial charge is 0.357 e. The maximum Gasteiger partial charge on any atom is 0.191 e. The molecule has 2 N–H and O–H groups in total. The molecule has 0 aromatic carbocycles. The predicted octanol–water partition coefficient (Wildman–Crippen LogP) is 1.82. The van der Waals surface area contributed by atoms with Gasteiger partial charge in [0.1, 0.15) is 0 Å². The number of hydrogen-bond donors (Lipinski definition) is 2. The minimum absolute atomic E-state index is 0.578. The summed E-state index contributed by atoms with van der Waals surface area (Å²) >= 11 is 0. The van der Waals surface area contributed by atoms with Crippen LogP contribution < -0.4 is 10.6 Å². The maximum atomic E-state index is 4.56. The second-order valence-electron chi connectivity index (χ2n) is 5.31. The Labute approximate surface area is 112 Å². The average molecular weight is 254 g/mol. The smallest absolute Gasteiger partial charge is 0.191 e. The molecule has 1 rings (SSSR count). The van der Waals surface area contributed by atoms with Gasteiger partial charge in [0.05, 0.1) is 0 Å². The summed E-state index contributed by atoms with van der Waals surface area (Å²) in [7, 11) is 0. The van der Waals surface area contributed by atoms with Crippen molar-refractivity contribution in [2.24, 2.45) is 4.99 Å². The molecule has 106 valence electrons. The second kappa shape index (κ2) is 8.35. The first-order chi connectivity index (χ1) is 8.67. The van der Waals surface area contributed by atoms with Gasteiger partial charge >= 0.3 is 0 Å². The zero-order chi connectivity index (χ0) is 13.4. The molecule has 4 nitrogen and oxygen atoms in total. The molecule has 1 heterocycles. The first-order valence-electron chi connectivity index (χ1n) is 7.46. The van der Waals surface area contributed by atoms with Gasteiger partial charge in [-0.1, -0.05) is 6.92 Å². The fraction of sp³-hybridized carbons (Fsp3) is 0.929. The third-order valence-corrected chi connectivity index (χ3v) is 3.44. The Hall–Kier alpha value is -0.770. The van der Waals surface area contributed by atoms with Crippen molar-refractivity contribution in [1.82, 2.24) is 15.5 Å². The molecule has 1 fully saturated rings. The molecule has 0 aromatic rings. The standard InChI is InChI=1S/C14H30N4/c1-5-9-16-14(15-6-2)17-13-7-10-18(11-8-13)12(3)4/h12-13H,5-11H2,1-4H3,(H2,15,16,17). The number of nitrogens with one attached hydrogen (secondary N) is 2. The lowest BCUT2D eigenvalue weighted by atomic mass is 10.0. The van der Waals surface area contributed by atoms with Gasteiger partial charge in [-0.05, 0) is 40.0 Å². The van der Waals surface area contributed by atoms with E-state index in [9.17, 15) is 0 Å². The Balaban J connectivity index is 2.37. The highest BCUT2D eigenvalue weighted by Crippen LogP contribution is 2.12. The number of piperidine rings is 1. The highest BCUT2D eigenvalue weighted by atomic mass is 15.2. The number of guanidine groups is 1. The summed E-state index contributed by atoms with van der Waals surface area (Å²) in [6, 6.07) is 1.25. The van der Waals surface area contributed by atoms with Crippen LogP contribution >= 0.6 is 0 Å². The van der Waals surface area contributed by atoms with Crippen molar-refractivity contribution in [3.05, 3.63) is 0 Å². The van der Waals surface area contributed by atoms with E-state index < -0.39 is 0 Å². The summed E-state index contributed by atoms with van der Waals surface area (Å²) < 4.78 is 0. The molecule has 1 aliphatic heterocycles. The van der Waals surface area contributed by atoms with Crippen molar-refractivity contribution in [3.8, 4) is 0 Å². The summed E-state index contributed by atoms with van der Waals surface area (Å²) in [4.78, 5) is 7.11. The van der Waals surface area contributed by atoms with Crippen molar-refractivity contribution in [1.29, 1.82) is 0 Å². The fourth-order valence-electron chi connectivity index (χ4n) is 2.30. The summed E-state index contributed by atoms with van der Waals surface area (Å²) in [5, 5.41) is 6.89. The van der Waals surface area contributed by atoms with Crippen LogP contribution in [0, 0.1) is 0 Å². The number of likely N-dealkylation sites (tertiary alicyclic amines) is 1. The van der Waals surface area contributed by atoms with Crippen molar-refractivity contribution >= 4 is 5.96 Å². The van der Waals surface area contributed by atoms with Gasteiger partial charge < -0.3 is 15.5 Å². The van der Waals surface area contributed by atoms with E-state index >= 15 is 0 Å². The number of rotatable bonds is 5. The van der Waals surface area contributed by atoms with E-state index in [1.54, 1.807) is 0 Å². The molecule has 0 saturated carbocycles. The van der Waals surface area contributed by atoms with Crippen LogP contribution in [0.1, 0.15) is 47.0 Å². The maximum absolute atomic E-state index is 4.56. The third kappa shape index (κ3) is 5.25. The number of aliphatic imine (C=N–C) groups is 1. The van der Waals surface area contributed by atoms with Crippen LogP contribution in [0.3, 0.4) is 0 Å². The van der Waals surface area contributed by atoms with Gasteiger partial charge in [0.15, 0.2) is 5.96 Å². The van der Waals surface area contributed by atoms with E-state index in [1.165, 1.54) is 25.9 Å². The molecule has 1 aliphatic rings. The minimum atomic E-state index is 0.578. The number of hydrogen-bond acceptors (Lipinski definition) is 2. The highest BCUT2D eigenvalue weighted by Gasteiger charge is 2.21. The van der Waals surface area contributed by atoms with Gasteiger partial charge in [0.2, 0.25) is 0 Å². The minimum Gasteiger partial charge on any atom is -0.357 e. The van der Waals surface area contributed by atoms with Crippen LogP contribution in [0.5, 0.6) is 0 Å². The van der Waals surface area contributed by atoms with E-state index in [2.05, 4.69) is 48.2 Å². The summed E-state index contributed by atoms with van der Waals surface area (Å²) in [6.45, 7) is 13.1. The molecule has 0 radical (unpaired) electrons. The SMILES string of the molecule is CCCN=C(NCC)NC1CCN(C(C)C)CC1. The molecular formula is C14H30N4. The summed E-state index contributed by atoms with van der Waals surface area (Å²) in [6.07, 6.45) is 3.53. The molecule has 4 heteroatoms.